The number of para-hydroxylation sites is 1. The molecule has 0 aliphatic heterocycles. The van der Waals surface area contributed by atoms with E-state index in [2.05, 4.69) is 53.1 Å². The summed E-state index contributed by atoms with van der Waals surface area (Å²) in [4.78, 5) is 10.2. The minimum absolute atomic E-state index is 0.689. The summed E-state index contributed by atoms with van der Waals surface area (Å²) in [6, 6.07) is 5.79. The van der Waals surface area contributed by atoms with E-state index in [4.69, 9.17) is 9.47 Å². The highest BCUT2D eigenvalue weighted by molar-refractivity contribution is 5.68. The quantitative estimate of drug-likeness (QED) is 0.551. The van der Waals surface area contributed by atoms with E-state index in [0.29, 0.717) is 11.5 Å². The predicted molar refractivity (Wildman–Crippen MR) is 118 cm³/mol. The second-order valence-electron chi connectivity index (χ2n) is 6.09. The maximum Gasteiger partial charge on any atom is 0.171 e. The summed E-state index contributed by atoms with van der Waals surface area (Å²) in [5.74, 6) is 2.17. The number of rotatable bonds is 10. The molecule has 0 amide bonds. The van der Waals surface area contributed by atoms with Crippen molar-refractivity contribution in [3.63, 3.8) is 0 Å². The fourth-order valence-corrected chi connectivity index (χ4v) is 2.70. The number of hydrogen-bond acceptors (Lipinski definition) is 4. The van der Waals surface area contributed by atoms with Crippen molar-refractivity contribution < 1.29 is 9.47 Å². The Labute approximate surface area is 170 Å². The first-order valence-corrected chi connectivity index (χ1v) is 9.95. The van der Waals surface area contributed by atoms with Gasteiger partial charge in [-0.15, -0.1) is 0 Å². The maximum absolute atomic E-state index is 5.50. The maximum atomic E-state index is 5.50. The van der Waals surface area contributed by atoms with Crippen molar-refractivity contribution in [1.29, 1.82) is 0 Å². The number of ether oxygens (including phenoxy) is 2. The number of hydrogen-bond donors (Lipinski definition) is 1. The van der Waals surface area contributed by atoms with E-state index in [0.717, 1.165) is 43.0 Å². The van der Waals surface area contributed by atoms with Gasteiger partial charge in [0.05, 0.1) is 19.8 Å². The Kier molecular flexibility index (Phi) is 11.4. The smallest absolute Gasteiger partial charge is 0.171 e. The summed E-state index contributed by atoms with van der Waals surface area (Å²) in [5, 5.41) is 0. The molecular weight excluding hydrogens is 350 g/mol. The molecule has 1 aromatic carbocycles. The van der Waals surface area contributed by atoms with Gasteiger partial charge in [-0.05, 0) is 32.0 Å². The average Bonchev–Trinajstić information content (AvgIpc) is 3.19. The molecule has 0 aliphatic rings. The van der Waals surface area contributed by atoms with Crippen LogP contribution in [0.4, 0.5) is 0 Å². The number of nitrogens with one attached hydrogen (secondary N) is 1. The van der Waals surface area contributed by atoms with Crippen molar-refractivity contribution in [3.8, 4) is 22.9 Å². The van der Waals surface area contributed by atoms with E-state index in [9.17, 15) is 0 Å². The molecule has 5 nitrogen and oxygen atoms in total. The molecule has 0 saturated carbocycles. The molecule has 154 valence electrons. The van der Waals surface area contributed by atoms with Crippen LogP contribution in [-0.2, 0) is 6.54 Å². The lowest BCUT2D eigenvalue weighted by Crippen LogP contribution is -2.18. The lowest BCUT2D eigenvalue weighted by atomic mass is 10.1. The van der Waals surface area contributed by atoms with Crippen LogP contribution in [0.25, 0.3) is 11.4 Å². The van der Waals surface area contributed by atoms with Crippen LogP contribution in [-0.4, -0.2) is 42.7 Å². The van der Waals surface area contributed by atoms with Gasteiger partial charge in [0.2, 0.25) is 0 Å². The van der Waals surface area contributed by atoms with Gasteiger partial charge in [-0.3, -0.25) is 0 Å². The summed E-state index contributed by atoms with van der Waals surface area (Å²) in [7, 11) is 5.39. The molecule has 5 heteroatoms. The van der Waals surface area contributed by atoms with Gasteiger partial charge in [0.1, 0.15) is 5.82 Å². The molecule has 0 unspecified atom stereocenters. The van der Waals surface area contributed by atoms with Gasteiger partial charge in [0, 0.05) is 25.0 Å². The van der Waals surface area contributed by atoms with Crippen LogP contribution in [0.1, 0.15) is 39.3 Å². The highest BCUT2D eigenvalue weighted by atomic mass is 16.5. The van der Waals surface area contributed by atoms with Crippen LogP contribution >= 0.6 is 0 Å². The van der Waals surface area contributed by atoms with Gasteiger partial charge in [0.15, 0.2) is 11.5 Å². The molecule has 0 radical (unpaired) electrons. The second-order valence-corrected chi connectivity index (χ2v) is 6.09. The Morgan fingerprint density at radius 1 is 1.11 bits per heavy atom. The third-order valence-electron chi connectivity index (χ3n) is 4.02. The van der Waals surface area contributed by atoms with Crippen LogP contribution < -0.4 is 9.47 Å². The minimum atomic E-state index is 0.689. The summed E-state index contributed by atoms with van der Waals surface area (Å²) >= 11 is 0. The molecule has 0 aliphatic carbocycles. The fourth-order valence-electron chi connectivity index (χ4n) is 2.70. The number of aromatic nitrogens is 2. The molecule has 1 heterocycles. The lowest BCUT2D eigenvalue weighted by Gasteiger charge is -2.14. The lowest BCUT2D eigenvalue weighted by molar-refractivity contribution is 0.330. The standard InChI is InChI=1S/C21H29N3O2.C2H6/c1-5-6-7-8-9-10-14-24(2)16-17-15-22-21(23-17)18-12-11-13-19(25-3)20(18)26-4;1-2/h6-9,11-13,15H,5,10,14,16H2,1-4H3,(H,22,23);1-2H3/b7-6-,9-8-;. The van der Waals surface area contributed by atoms with Gasteiger partial charge in [-0.25, -0.2) is 4.98 Å². The molecule has 0 fully saturated rings. The van der Waals surface area contributed by atoms with Crippen LogP contribution in [0.2, 0.25) is 0 Å². The van der Waals surface area contributed by atoms with Crippen LogP contribution in [0.5, 0.6) is 11.5 Å². The number of imidazole rings is 1. The number of aromatic amines is 1. The molecule has 0 saturated heterocycles. The van der Waals surface area contributed by atoms with Gasteiger partial charge < -0.3 is 19.4 Å². The number of allylic oxidation sites excluding steroid dienone is 3. The first-order valence-electron chi connectivity index (χ1n) is 9.95. The molecule has 28 heavy (non-hydrogen) atoms. The topological polar surface area (TPSA) is 50.4 Å². The Morgan fingerprint density at radius 2 is 1.86 bits per heavy atom. The largest absolute Gasteiger partial charge is 0.493 e. The molecule has 0 atom stereocenters. The average molecular weight is 386 g/mol. The van der Waals surface area contributed by atoms with Gasteiger partial charge in [-0.2, -0.15) is 0 Å². The van der Waals surface area contributed by atoms with Crippen LogP contribution in [0, 0.1) is 0 Å². The molecule has 1 N–H and O–H groups in total. The zero-order valence-electron chi connectivity index (χ0n) is 18.2. The summed E-state index contributed by atoms with van der Waals surface area (Å²) in [6.07, 6.45) is 12.5. The number of nitrogens with zero attached hydrogens (tertiary/aromatic N) is 2. The van der Waals surface area contributed by atoms with Crippen molar-refractivity contribution >= 4 is 0 Å². The summed E-state index contributed by atoms with van der Waals surface area (Å²) in [5.41, 5.74) is 1.97. The van der Waals surface area contributed by atoms with Crippen molar-refractivity contribution in [2.75, 3.05) is 27.8 Å². The molecule has 1 aromatic heterocycles. The Morgan fingerprint density at radius 3 is 2.54 bits per heavy atom. The zero-order valence-corrected chi connectivity index (χ0v) is 18.2. The van der Waals surface area contributed by atoms with E-state index >= 15 is 0 Å². The highest BCUT2D eigenvalue weighted by Crippen LogP contribution is 2.36. The van der Waals surface area contributed by atoms with Gasteiger partial charge >= 0.3 is 0 Å². The molecule has 0 bridgehead atoms. The Bertz CT molecular complexity index is 735. The third-order valence-corrected chi connectivity index (χ3v) is 4.02. The van der Waals surface area contributed by atoms with Crippen LogP contribution in [0.15, 0.2) is 48.7 Å². The van der Waals surface area contributed by atoms with Crippen molar-refractivity contribution in [1.82, 2.24) is 14.9 Å². The highest BCUT2D eigenvalue weighted by Gasteiger charge is 2.14. The predicted octanol–water partition coefficient (Wildman–Crippen LogP) is 5.46. The zero-order chi connectivity index (χ0) is 20.8. The first-order chi connectivity index (χ1) is 13.7. The second kappa shape index (κ2) is 13.6. The molecular formula is C23H35N3O2. The Balaban J connectivity index is 0.00000190. The normalized spacial score (nSPS) is 11.1. The molecule has 2 rings (SSSR count). The minimum Gasteiger partial charge on any atom is -0.493 e. The molecule has 0 spiro atoms. The van der Waals surface area contributed by atoms with Crippen LogP contribution in [0.3, 0.4) is 0 Å². The van der Waals surface area contributed by atoms with Crippen molar-refractivity contribution in [3.05, 3.63) is 54.4 Å². The van der Waals surface area contributed by atoms with Crippen molar-refractivity contribution in [2.45, 2.75) is 40.2 Å². The summed E-state index contributed by atoms with van der Waals surface area (Å²) < 4.78 is 10.9. The van der Waals surface area contributed by atoms with E-state index in [1.54, 1.807) is 14.2 Å². The van der Waals surface area contributed by atoms with Gasteiger partial charge in [0.25, 0.3) is 0 Å². The first kappa shape index (κ1) is 23.5. The van der Waals surface area contributed by atoms with Crippen molar-refractivity contribution in [2.24, 2.45) is 0 Å². The van der Waals surface area contributed by atoms with Gasteiger partial charge in [-0.1, -0.05) is 51.1 Å². The van der Waals surface area contributed by atoms with E-state index in [1.165, 1.54) is 0 Å². The van der Waals surface area contributed by atoms with E-state index in [1.807, 2.05) is 38.2 Å². The van der Waals surface area contributed by atoms with E-state index < -0.39 is 0 Å². The monoisotopic (exact) mass is 385 g/mol. The third kappa shape index (κ3) is 7.24. The Hall–Kier alpha value is -2.53. The van der Waals surface area contributed by atoms with E-state index in [-0.39, 0.29) is 0 Å². The fraction of sp³-hybridized carbons (Fsp3) is 0.435. The number of benzene rings is 1. The number of methoxy groups -OCH3 is 2. The SMILES string of the molecule is CC.CC/C=C\C=C/CCN(C)Cc1cnc(-c2cccc(OC)c2OC)[nH]1. The number of H-pyrrole nitrogens is 1. The molecule has 2 aromatic rings. The summed E-state index contributed by atoms with van der Waals surface area (Å²) in [6.45, 7) is 7.95.